The highest BCUT2D eigenvalue weighted by Crippen LogP contribution is 2.32. The van der Waals surface area contributed by atoms with E-state index in [1.54, 1.807) is 4.90 Å². The number of anilines is 1. The monoisotopic (exact) mass is 545 g/mol. The van der Waals surface area contributed by atoms with Gasteiger partial charge in [-0.2, -0.15) is 5.26 Å². The molecule has 0 aliphatic carbocycles. The molecule has 3 rings (SSSR count). The molecule has 0 spiro atoms. The second-order valence-electron chi connectivity index (χ2n) is 6.92. The zero-order valence-corrected chi connectivity index (χ0v) is 19.9. The molecule has 0 unspecified atom stereocenters. The van der Waals surface area contributed by atoms with E-state index in [1.165, 1.54) is 44.5 Å². The number of carbonyl (C=O) groups excluding carboxylic acids is 1. The molecule has 2 N–H and O–H groups in total. The first-order chi connectivity index (χ1) is 14.5. The highest BCUT2D eigenvalue weighted by atomic mass is 79.9. The molecule has 1 aromatic rings. The first-order valence-electron chi connectivity index (χ1n) is 10.0. The Morgan fingerprint density at radius 3 is 2.27 bits per heavy atom. The molecule has 2 heterocycles. The standard InChI is InChI=1S/C15H15Br2FN4O2.C5H11N/c16-11-8-10(18)9-12(17)14(11)21-20-13(4-5-19)24-15(23)22-6-2-1-3-7-22;1-2-4-6-5-3-1/h8-9,21H,1-4,6-7H2;6H,1-5H2. The SMILES string of the molecule is C1CCNCC1.N#CCC(=NNc1c(Br)cc(F)cc1Br)OC(=O)N1CCCCC1. The van der Waals surface area contributed by atoms with Gasteiger partial charge in [0, 0.05) is 22.0 Å². The summed E-state index contributed by atoms with van der Waals surface area (Å²) in [7, 11) is 0. The summed E-state index contributed by atoms with van der Waals surface area (Å²) in [6, 6.07) is 4.44. The van der Waals surface area contributed by atoms with Crippen LogP contribution in [0.2, 0.25) is 0 Å². The van der Waals surface area contributed by atoms with E-state index >= 15 is 0 Å². The first-order valence-corrected chi connectivity index (χ1v) is 11.6. The van der Waals surface area contributed by atoms with Crippen LogP contribution in [0.5, 0.6) is 0 Å². The molecule has 164 valence electrons. The molecule has 2 aliphatic rings. The van der Waals surface area contributed by atoms with E-state index in [0.29, 0.717) is 27.7 Å². The number of hydrazone groups is 1. The van der Waals surface area contributed by atoms with E-state index in [0.717, 1.165) is 19.3 Å². The number of likely N-dealkylation sites (tertiary alicyclic amines) is 1. The highest BCUT2D eigenvalue weighted by Gasteiger charge is 2.20. The summed E-state index contributed by atoms with van der Waals surface area (Å²) in [5, 5.41) is 16.1. The first kappa shape index (κ1) is 24.6. The summed E-state index contributed by atoms with van der Waals surface area (Å²) in [6.07, 6.45) is 6.51. The van der Waals surface area contributed by atoms with Crippen molar-refractivity contribution < 1.29 is 13.9 Å². The van der Waals surface area contributed by atoms with Gasteiger partial charge in [0.2, 0.25) is 5.90 Å². The van der Waals surface area contributed by atoms with Crippen LogP contribution in [-0.4, -0.2) is 43.1 Å². The number of hydrogen-bond acceptors (Lipinski definition) is 6. The van der Waals surface area contributed by atoms with Gasteiger partial charge in [0.05, 0.1) is 11.8 Å². The lowest BCUT2D eigenvalue weighted by Crippen LogP contribution is -2.37. The van der Waals surface area contributed by atoms with Gasteiger partial charge in [-0.15, -0.1) is 5.10 Å². The Labute approximate surface area is 193 Å². The summed E-state index contributed by atoms with van der Waals surface area (Å²) in [5.41, 5.74) is 3.14. The summed E-state index contributed by atoms with van der Waals surface area (Å²) in [6.45, 7) is 3.78. The largest absolute Gasteiger partial charge is 0.416 e. The van der Waals surface area contributed by atoms with Crippen molar-refractivity contribution in [2.45, 2.75) is 44.9 Å². The van der Waals surface area contributed by atoms with Gasteiger partial charge in [0.25, 0.3) is 0 Å². The number of rotatable bonds is 3. The lowest BCUT2D eigenvalue weighted by atomic mass is 10.1. The van der Waals surface area contributed by atoms with Crippen LogP contribution in [0.15, 0.2) is 26.2 Å². The number of nitrogens with zero attached hydrogens (tertiary/aromatic N) is 3. The zero-order chi connectivity index (χ0) is 21.8. The van der Waals surface area contributed by atoms with Crippen LogP contribution in [-0.2, 0) is 4.74 Å². The van der Waals surface area contributed by atoms with Crippen LogP contribution >= 0.6 is 31.9 Å². The van der Waals surface area contributed by atoms with Crippen LogP contribution in [0.1, 0.15) is 44.9 Å². The van der Waals surface area contributed by atoms with Gasteiger partial charge < -0.3 is 15.0 Å². The highest BCUT2D eigenvalue weighted by molar-refractivity contribution is 9.11. The van der Waals surface area contributed by atoms with Crippen LogP contribution in [0, 0.1) is 17.1 Å². The number of piperidine rings is 2. The van der Waals surface area contributed by atoms with Crippen molar-refractivity contribution in [1.29, 1.82) is 5.26 Å². The minimum atomic E-state index is -0.511. The Morgan fingerprint density at radius 1 is 1.17 bits per heavy atom. The van der Waals surface area contributed by atoms with E-state index in [1.807, 2.05) is 6.07 Å². The number of halogens is 3. The lowest BCUT2D eigenvalue weighted by Gasteiger charge is -2.25. The summed E-state index contributed by atoms with van der Waals surface area (Å²) >= 11 is 6.44. The number of hydrogen-bond donors (Lipinski definition) is 2. The summed E-state index contributed by atoms with van der Waals surface area (Å²) in [4.78, 5) is 13.7. The van der Waals surface area contributed by atoms with E-state index in [4.69, 9.17) is 10.00 Å². The van der Waals surface area contributed by atoms with E-state index in [9.17, 15) is 9.18 Å². The zero-order valence-electron chi connectivity index (χ0n) is 16.7. The lowest BCUT2D eigenvalue weighted by molar-refractivity contribution is 0.138. The van der Waals surface area contributed by atoms with E-state index in [-0.39, 0.29) is 12.3 Å². The predicted octanol–water partition coefficient (Wildman–Crippen LogP) is 5.37. The van der Waals surface area contributed by atoms with E-state index < -0.39 is 11.9 Å². The third-order valence-corrected chi connectivity index (χ3v) is 5.81. The topological polar surface area (TPSA) is 89.7 Å². The van der Waals surface area contributed by atoms with Crippen molar-refractivity contribution in [3.05, 3.63) is 26.9 Å². The maximum absolute atomic E-state index is 13.3. The van der Waals surface area contributed by atoms with Crippen molar-refractivity contribution in [2.24, 2.45) is 5.10 Å². The fraction of sp³-hybridized carbons (Fsp3) is 0.550. The van der Waals surface area contributed by atoms with Gasteiger partial charge in [0.1, 0.15) is 12.2 Å². The van der Waals surface area contributed by atoms with Gasteiger partial charge in [-0.1, -0.05) is 6.42 Å². The molecule has 0 aromatic heterocycles. The minimum absolute atomic E-state index is 0.0452. The van der Waals surface area contributed by atoms with Crippen LogP contribution in [0.4, 0.5) is 14.9 Å². The van der Waals surface area contributed by atoms with E-state index in [2.05, 4.69) is 47.7 Å². The van der Waals surface area contributed by atoms with Gasteiger partial charge in [0.15, 0.2) is 0 Å². The molecule has 10 heteroatoms. The van der Waals surface area contributed by atoms with Crippen LogP contribution < -0.4 is 10.7 Å². The van der Waals surface area contributed by atoms with Crippen LogP contribution in [0.25, 0.3) is 0 Å². The summed E-state index contributed by atoms with van der Waals surface area (Å²) in [5.74, 6) is -0.465. The normalized spacial score (nSPS) is 16.7. The maximum Gasteiger partial charge on any atom is 0.416 e. The number of carbonyl (C=O) groups is 1. The Hall–Kier alpha value is -1.70. The van der Waals surface area contributed by atoms with Crippen molar-refractivity contribution in [2.75, 3.05) is 31.6 Å². The molecule has 30 heavy (non-hydrogen) atoms. The molecule has 1 amide bonds. The molecular weight excluding hydrogens is 521 g/mol. The van der Waals surface area contributed by atoms with Crippen LogP contribution in [0.3, 0.4) is 0 Å². The molecule has 7 nitrogen and oxygen atoms in total. The summed E-state index contributed by atoms with van der Waals surface area (Å²) < 4.78 is 19.4. The number of nitriles is 1. The molecule has 2 aliphatic heterocycles. The quantitative estimate of drug-likeness (QED) is 0.302. The Balaban J connectivity index is 0.000000456. The number of ether oxygens (including phenoxy) is 1. The molecule has 0 atom stereocenters. The van der Waals surface area contributed by atoms with Gasteiger partial charge in [-0.3, -0.25) is 5.43 Å². The van der Waals surface area contributed by atoms with Crippen molar-refractivity contribution in [3.63, 3.8) is 0 Å². The third-order valence-electron chi connectivity index (χ3n) is 4.56. The molecule has 0 bridgehead atoms. The predicted molar refractivity (Wildman–Crippen MR) is 122 cm³/mol. The van der Waals surface area contributed by atoms with Gasteiger partial charge in [-0.25, -0.2) is 9.18 Å². The Morgan fingerprint density at radius 2 is 1.77 bits per heavy atom. The molecule has 2 saturated heterocycles. The van der Waals surface area contributed by atoms with Crippen molar-refractivity contribution in [3.8, 4) is 6.07 Å². The smallest absolute Gasteiger partial charge is 0.392 e. The Bertz CT molecular complexity index is 740. The fourth-order valence-corrected chi connectivity index (χ4v) is 4.28. The van der Waals surface area contributed by atoms with Crippen molar-refractivity contribution in [1.82, 2.24) is 10.2 Å². The second kappa shape index (κ2) is 13.6. The second-order valence-corrected chi connectivity index (χ2v) is 8.63. The average Bonchev–Trinajstić information content (AvgIpc) is 2.75. The Kier molecular flexibility index (Phi) is 11.1. The molecular formula is C20H26Br2FN5O2. The maximum atomic E-state index is 13.3. The third kappa shape index (κ3) is 8.58. The minimum Gasteiger partial charge on any atom is -0.392 e. The van der Waals surface area contributed by atoms with Crippen molar-refractivity contribution >= 4 is 49.5 Å². The number of amides is 1. The molecule has 0 radical (unpaired) electrons. The molecule has 1 aromatic carbocycles. The fourth-order valence-electron chi connectivity index (χ4n) is 2.98. The number of benzene rings is 1. The number of nitrogens with one attached hydrogen (secondary N) is 2. The molecule has 0 saturated carbocycles. The molecule has 2 fully saturated rings. The van der Waals surface area contributed by atoms with Gasteiger partial charge in [-0.05, 0) is 89.2 Å². The van der Waals surface area contributed by atoms with Gasteiger partial charge >= 0.3 is 6.09 Å². The average molecular weight is 547 g/mol.